The van der Waals surface area contributed by atoms with Gasteiger partial charge in [-0.2, -0.15) is 10.1 Å². The first kappa shape index (κ1) is 15.6. The maximum atomic E-state index is 14.2. The average Bonchev–Trinajstić information content (AvgIpc) is 2.98. The van der Waals surface area contributed by atoms with Gasteiger partial charge in [-0.05, 0) is 30.2 Å². The fourth-order valence-corrected chi connectivity index (χ4v) is 2.66. The van der Waals surface area contributed by atoms with Crippen molar-refractivity contribution in [1.29, 1.82) is 0 Å². The first-order valence-corrected chi connectivity index (χ1v) is 7.54. The zero-order chi connectivity index (χ0) is 16.4. The van der Waals surface area contributed by atoms with E-state index in [9.17, 15) is 9.50 Å². The quantitative estimate of drug-likeness (QED) is 0.726. The van der Waals surface area contributed by atoms with Crippen LogP contribution in [0.4, 0.5) is 15.9 Å². The number of aliphatic hydroxyl groups is 1. The van der Waals surface area contributed by atoms with Crippen LogP contribution in [0.2, 0.25) is 5.28 Å². The molecule has 2 aromatic heterocycles. The number of fused-ring (bicyclic) bond motifs is 1. The van der Waals surface area contributed by atoms with Crippen molar-refractivity contribution in [3.8, 4) is 0 Å². The number of hydrogen-bond donors (Lipinski definition) is 1. The van der Waals surface area contributed by atoms with E-state index in [0.29, 0.717) is 6.54 Å². The molecule has 0 aliphatic rings. The molecule has 0 bridgehead atoms. The largest absolute Gasteiger partial charge is 0.374 e. The van der Waals surface area contributed by atoms with Crippen LogP contribution >= 0.6 is 11.6 Å². The fourth-order valence-electron chi connectivity index (χ4n) is 2.53. The van der Waals surface area contributed by atoms with E-state index in [-0.39, 0.29) is 17.8 Å². The second kappa shape index (κ2) is 6.47. The third kappa shape index (κ3) is 2.85. The molecule has 6 nitrogen and oxygen atoms in total. The SMILES string of the molecule is CCCN(c1nc(Cl)ncc1F)c1cccc2c1cnn2CO. The molecule has 1 N–H and O–H groups in total. The van der Waals surface area contributed by atoms with Gasteiger partial charge in [-0.25, -0.2) is 14.1 Å². The summed E-state index contributed by atoms with van der Waals surface area (Å²) in [7, 11) is 0. The molecule has 0 fully saturated rings. The van der Waals surface area contributed by atoms with E-state index >= 15 is 0 Å². The Morgan fingerprint density at radius 2 is 2.17 bits per heavy atom. The summed E-state index contributed by atoms with van der Waals surface area (Å²) in [6.07, 6.45) is 3.49. The second-order valence-electron chi connectivity index (χ2n) is 4.96. The van der Waals surface area contributed by atoms with Crippen molar-refractivity contribution in [3.63, 3.8) is 0 Å². The highest BCUT2D eigenvalue weighted by Gasteiger charge is 2.19. The summed E-state index contributed by atoms with van der Waals surface area (Å²) in [5.41, 5.74) is 1.50. The van der Waals surface area contributed by atoms with Gasteiger partial charge in [-0.15, -0.1) is 0 Å². The summed E-state index contributed by atoms with van der Waals surface area (Å²) in [5, 5.41) is 14.3. The molecule has 0 spiro atoms. The van der Waals surface area contributed by atoms with E-state index in [4.69, 9.17) is 11.6 Å². The predicted molar refractivity (Wildman–Crippen MR) is 86.2 cm³/mol. The highest BCUT2D eigenvalue weighted by atomic mass is 35.5. The van der Waals surface area contributed by atoms with E-state index < -0.39 is 5.82 Å². The van der Waals surface area contributed by atoms with Crippen LogP contribution in [0.5, 0.6) is 0 Å². The molecule has 0 saturated heterocycles. The average molecular weight is 336 g/mol. The van der Waals surface area contributed by atoms with Crippen LogP contribution in [-0.2, 0) is 6.73 Å². The monoisotopic (exact) mass is 335 g/mol. The summed E-state index contributed by atoms with van der Waals surface area (Å²) in [6, 6.07) is 5.53. The molecule has 0 saturated carbocycles. The first-order chi connectivity index (χ1) is 11.2. The van der Waals surface area contributed by atoms with Gasteiger partial charge in [-0.1, -0.05) is 13.0 Å². The standard InChI is InChI=1S/C15H15ClFN5O/c1-2-6-21(14-11(17)8-18-15(16)20-14)12-4-3-5-13-10(12)7-19-22(13)9-23/h3-5,7-8,23H,2,6,9H2,1H3. The van der Waals surface area contributed by atoms with Crippen LogP contribution < -0.4 is 4.90 Å². The number of anilines is 2. The lowest BCUT2D eigenvalue weighted by Gasteiger charge is -2.24. The Morgan fingerprint density at radius 3 is 2.91 bits per heavy atom. The maximum Gasteiger partial charge on any atom is 0.224 e. The summed E-state index contributed by atoms with van der Waals surface area (Å²) in [6.45, 7) is 2.31. The van der Waals surface area contributed by atoms with Crippen molar-refractivity contribution in [1.82, 2.24) is 19.7 Å². The molecule has 0 atom stereocenters. The van der Waals surface area contributed by atoms with E-state index in [1.807, 2.05) is 25.1 Å². The number of benzene rings is 1. The molecule has 3 rings (SSSR count). The van der Waals surface area contributed by atoms with E-state index in [1.54, 1.807) is 11.1 Å². The molecular weight excluding hydrogens is 321 g/mol. The Morgan fingerprint density at radius 1 is 1.35 bits per heavy atom. The zero-order valence-corrected chi connectivity index (χ0v) is 13.2. The minimum Gasteiger partial charge on any atom is -0.374 e. The van der Waals surface area contributed by atoms with Crippen molar-refractivity contribution >= 4 is 34.0 Å². The Balaban J connectivity index is 2.19. The minimum atomic E-state index is -0.547. The molecule has 0 amide bonds. The highest BCUT2D eigenvalue weighted by Crippen LogP contribution is 2.33. The van der Waals surface area contributed by atoms with E-state index in [0.717, 1.165) is 29.2 Å². The first-order valence-electron chi connectivity index (χ1n) is 7.16. The maximum absolute atomic E-state index is 14.2. The van der Waals surface area contributed by atoms with Gasteiger partial charge in [0.2, 0.25) is 5.28 Å². The highest BCUT2D eigenvalue weighted by molar-refractivity contribution is 6.28. The van der Waals surface area contributed by atoms with Gasteiger partial charge in [0.15, 0.2) is 11.6 Å². The number of rotatable bonds is 5. The van der Waals surface area contributed by atoms with Crippen molar-refractivity contribution in [2.45, 2.75) is 20.1 Å². The summed E-state index contributed by atoms with van der Waals surface area (Å²) in [5.74, 6) is -0.425. The van der Waals surface area contributed by atoms with Gasteiger partial charge in [0.05, 0.1) is 23.6 Å². The molecule has 2 heterocycles. The summed E-state index contributed by atoms with van der Waals surface area (Å²) < 4.78 is 15.7. The molecule has 0 aliphatic carbocycles. The lowest BCUT2D eigenvalue weighted by atomic mass is 10.2. The molecule has 0 aliphatic heterocycles. The lowest BCUT2D eigenvalue weighted by Crippen LogP contribution is -2.21. The van der Waals surface area contributed by atoms with Crippen molar-refractivity contribution in [3.05, 3.63) is 41.7 Å². The van der Waals surface area contributed by atoms with Crippen molar-refractivity contribution in [2.24, 2.45) is 0 Å². The van der Waals surface area contributed by atoms with E-state index in [1.165, 1.54) is 4.68 Å². The van der Waals surface area contributed by atoms with Gasteiger partial charge in [0, 0.05) is 11.9 Å². The van der Waals surface area contributed by atoms with Gasteiger partial charge < -0.3 is 10.0 Å². The third-order valence-electron chi connectivity index (χ3n) is 3.49. The molecule has 8 heteroatoms. The van der Waals surface area contributed by atoms with Crippen LogP contribution in [0.15, 0.2) is 30.6 Å². The topological polar surface area (TPSA) is 67.1 Å². The van der Waals surface area contributed by atoms with Gasteiger partial charge in [-0.3, -0.25) is 0 Å². The summed E-state index contributed by atoms with van der Waals surface area (Å²) in [4.78, 5) is 9.43. The molecule has 1 aromatic carbocycles. The Bertz CT molecular complexity index is 838. The van der Waals surface area contributed by atoms with Crippen LogP contribution in [0.3, 0.4) is 0 Å². The number of halogens is 2. The fraction of sp³-hybridized carbons (Fsp3) is 0.267. The molecule has 23 heavy (non-hydrogen) atoms. The molecule has 0 radical (unpaired) electrons. The Labute approximate surface area is 137 Å². The number of hydrogen-bond acceptors (Lipinski definition) is 5. The molecular formula is C15H15ClFN5O. The third-order valence-corrected chi connectivity index (χ3v) is 3.67. The normalized spacial score (nSPS) is 11.1. The number of aromatic nitrogens is 4. The van der Waals surface area contributed by atoms with Gasteiger partial charge in [0.25, 0.3) is 0 Å². The molecule has 120 valence electrons. The number of nitrogens with zero attached hydrogens (tertiary/aromatic N) is 5. The number of aliphatic hydroxyl groups excluding tert-OH is 1. The lowest BCUT2D eigenvalue weighted by molar-refractivity contribution is 0.200. The van der Waals surface area contributed by atoms with Crippen LogP contribution in [0.25, 0.3) is 10.9 Å². The Kier molecular flexibility index (Phi) is 4.40. The van der Waals surface area contributed by atoms with E-state index in [2.05, 4.69) is 15.1 Å². The van der Waals surface area contributed by atoms with Gasteiger partial charge >= 0.3 is 0 Å². The summed E-state index contributed by atoms with van der Waals surface area (Å²) >= 11 is 5.83. The minimum absolute atomic E-state index is 0.0132. The smallest absolute Gasteiger partial charge is 0.224 e. The molecule has 0 unspecified atom stereocenters. The van der Waals surface area contributed by atoms with Crippen LogP contribution in [0, 0.1) is 5.82 Å². The van der Waals surface area contributed by atoms with Crippen molar-refractivity contribution < 1.29 is 9.50 Å². The van der Waals surface area contributed by atoms with Crippen LogP contribution in [0.1, 0.15) is 13.3 Å². The second-order valence-corrected chi connectivity index (χ2v) is 5.30. The van der Waals surface area contributed by atoms with Gasteiger partial charge in [0.1, 0.15) is 6.73 Å². The Hall–Kier alpha value is -2.25. The van der Waals surface area contributed by atoms with Crippen LogP contribution in [-0.4, -0.2) is 31.4 Å². The van der Waals surface area contributed by atoms with Crippen molar-refractivity contribution in [2.75, 3.05) is 11.4 Å². The molecule has 3 aromatic rings. The zero-order valence-electron chi connectivity index (χ0n) is 12.4. The predicted octanol–water partition coefficient (Wildman–Crippen LogP) is 3.12.